The Morgan fingerprint density at radius 1 is 0.875 bits per heavy atom. The lowest BCUT2D eigenvalue weighted by Gasteiger charge is -2.02. The minimum absolute atomic E-state index is 0.416. The zero-order chi connectivity index (χ0) is 12.1. The van der Waals surface area contributed by atoms with Crippen molar-refractivity contribution in [3.63, 3.8) is 0 Å². The van der Waals surface area contributed by atoms with E-state index in [4.69, 9.17) is 5.73 Å². The summed E-state index contributed by atoms with van der Waals surface area (Å²) in [6, 6.07) is 0. The number of ether oxygens (including phenoxy) is 1. The van der Waals surface area contributed by atoms with Crippen LogP contribution in [0, 0.1) is 0 Å². The van der Waals surface area contributed by atoms with Crippen LogP contribution in [0.1, 0.15) is 71.1 Å². The fourth-order valence-electron chi connectivity index (χ4n) is 1.75. The average Bonchev–Trinajstić information content (AvgIpc) is 2.25. The highest BCUT2D eigenvalue weighted by atomic mass is 16.5. The SMILES string of the molecule is CCCCCCCCCCCCOC([NH])=O. The molecule has 0 aliphatic heterocycles. The van der Waals surface area contributed by atoms with Gasteiger partial charge in [0.15, 0.2) is 0 Å². The first kappa shape index (κ1) is 15.3. The summed E-state index contributed by atoms with van der Waals surface area (Å²) in [5.74, 6) is 0. The van der Waals surface area contributed by atoms with E-state index in [2.05, 4.69) is 11.7 Å². The van der Waals surface area contributed by atoms with E-state index in [0.29, 0.717) is 6.61 Å². The summed E-state index contributed by atoms with van der Waals surface area (Å²) in [4.78, 5) is 10.1. The van der Waals surface area contributed by atoms with Gasteiger partial charge in [0.2, 0.25) is 0 Å². The van der Waals surface area contributed by atoms with E-state index in [-0.39, 0.29) is 0 Å². The predicted octanol–water partition coefficient (Wildman–Crippen LogP) is 4.33. The summed E-state index contributed by atoms with van der Waals surface area (Å²) in [7, 11) is 0. The van der Waals surface area contributed by atoms with Crippen LogP contribution in [0.2, 0.25) is 0 Å². The Morgan fingerprint density at radius 3 is 1.75 bits per heavy atom. The zero-order valence-corrected chi connectivity index (χ0v) is 10.6. The molecule has 1 radical (unpaired) electrons. The molecule has 1 N–H and O–H groups in total. The zero-order valence-electron chi connectivity index (χ0n) is 10.6. The van der Waals surface area contributed by atoms with Crippen LogP contribution in [0.5, 0.6) is 0 Å². The van der Waals surface area contributed by atoms with Crippen LogP contribution < -0.4 is 5.73 Å². The number of hydrogen-bond donors (Lipinski definition) is 0. The largest absolute Gasteiger partial charge is 0.448 e. The molecule has 0 heterocycles. The van der Waals surface area contributed by atoms with Crippen LogP contribution in [-0.4, -0.2) is 12.7 Å². The van der Waals surface area contributed by atoms with Crippen molar-refractivity contribution < 1.29 is 9.53 Å². The van der Waals surface area contributed by atoms with Crippen molar-refractivity contribution in [3.05, 3.63) is 0 Å². The Morgan fingerprint density at radius 2 is 1.31 bits per heavy atom. The first-order valence-electron chi connectivity index (χ1n) is 6.65. The summed E-state index contributed by atoms with van der Waals surface area (Å²) in [5.41, 5.74) is 6.54. The van der Waals surface area contributed by atoms with Crippen LogP contribution in [0.15, 0.2) is 0 Å². The lowest BCUT2D eigenvalue weighted by molar-refractivity contribution is 0.152. The van der Waals surface area contributed by atoms with Gasteiger partial charge in [-0.05, 0) is 6.42 Å². The second kappa shape index (κ2) is 12.3. The van der Waals surface area contributed by atoms with Gasteiger partial charge < -0.3 is 4.74 Å². The van der Waals surface area contributed by atoms with Crippen LogP contribution in [0.3, 0.4) is 0 Å². The predicted molar refractivity (Wildman–Crippen MR) is 66.3 cm³/mol. The third-order valence-electron chi connectivity index (χ3n) is 2.73. The minimum atomic E-state index is -0.907. The fourth-order valence-corrected chi connectivity index (χ4v) is 1.75. The summed E-state index contributed by atoms with van der Waals surface area (Å²) < 4.78 is 4.54. The van der Waals surface area contributed by atoms with Gasteiger partial charge in [-0.15, -0.1) is 0 Å². The van der Waals surface area contributed by atoms with E-state index in [1.165, 1.54) is 51.4 Å². The Kier molecular flexibility index (Phi) is 11.8. The molecule has 0 unspecified atom stereocenters. The lowest BCUT2D eigenvalue weighted by atomic mass is 10.1. The summed E-state index contributed by atoms with van der Waals surface area (Å²) in [5, 5.41) is 0. The second-order valence-corrected chi connectivity index (χ2v) is 4.32. The highest BCUT2D eigenvalue weighted by Crippen LogP contribution is 2.10. The molecule has 0 aromatic heterocycles. The molecular formula is C13H26NO2. The molecule has 0 spiro atoms. The monoisotopic (exact) mass is 228 g/mol. The number of carbonyl (C=O) groups excluding carboxylic acids is 1. The molecule has 0 atom stereocenters. The molecule has 0 aromatic carbocycles. The molecule has 0 saturated carbocycles. The fraction of sp³-hybridized carbons (Fsp3) is 0.923. The van der Waals surface area contributed by atoms with Crippen molar-refractivity contribution in [2.45, 2.75) is 71.1 Å². The number of hydrogen-bond acceptors (Lipinski definition) is 2. The number of nitrogens with one attached hydrogen (secondary N) is 1. The van der Waals surface area contributed by atoms with E-state index in [1.54, 1.807) is 0 Å². The minimum Gasteiger partial charge on any atom is -0.448 e. The molecule has 0 saturated heterocycles. The molecule has 0 fully saturated rings. The standard InChI is InChI=1S/C13H26NO2/c1-2-3-4-5-6-7-8-9-10-11-12-16-13(14)15/h14H,2-12H2,1H3. The van der Waals surface area contributed by atoms with Crippen molar-refractivity contribution in [1.82, 2.24) is 5.73 Å². The highest BCUT2D eigenvalue weighted by molar-refractivity contribution is 5.63. The van der Waals surface area contributed by atoms with E-state index >= 15 is 0 Å². The van der Waals surface area contributed by atoms with Crippen LogP contribution in [-0.2, 0) is 4.74 Å². The first-order chi connectivity index (χ1) is 7.77. The Balaban J connectivity index is 2.90. The topological polar surface area (TPSA) is 50.1 Å². The number of amides is 1. The molecule has 3 heteroatoms. The van der Waals surface area contributed by atoms with Gasteiger partial charge in [-0.3, -0.25) is 0 Å². The van der Waals surface area contributed by atoms with Crippen molar-refractivity contribution in [3.8, 4) is 0 Å². The molecule has 0 aliphatic carbocycles. The molecule has 1 amide bonds. The first-order valence-corrected chi connectivity index (χ1v) is 6.65. The van der Waals surface area contributed by atoms with Gasteiger partial charge in [0.25, 0.3) is 0 Å². The highest BCUT2D eigenvalue weighted by Gasteiger charge is 1.95. The average molecular weight is 228 g/mol. The lowest BCUT2D eigenvalue weighted by Crippen LogP contribution is -2.03. The van der Waals surface area contributed by atoms with E-state index in [9.17, 15) is 4.79 Å². The molecule has 0 aliphatic rings. The maximum atomic E-state index is 10.1. The molecule has 95 valence electrons. The Labute approximate surface area is 99.7 Å². The van der Waals surface area contributed by atoms with Crippen LogP contribution in [0.25, 0.3) is 0 Å². The van der Waals surface area contributed by atoms with E-state index in [0.717, 1.165) is 12.8 Å². The molecule has 0 rings (SSSR count). The molecule has 16 heavy (non-hydrogen) atoms. The number of rotatable bonds is 11. The molecule has 3 nitrogen and oxygen atoms in total. The van der Waals surface area contributed by atoms with Gasteiger partial charge in [0, 0.05) is 0 Å². The quantitative estimate of drug-likeness (QED) is 0.494. The molecule has 0 aromatic rings. The summed E-state index contributed by atoms with van der Waals surface area (Å²) in [6.07, 6.45) is 11.8. The summed E-state index contributed by atoms with van der Waals surface area (Å²) in [6.45, 7) is 2.66. The second-order valence-electron chi connectivity index (χ2n) is 4.32. The number of carbonyl (C=O) groups is 1. The van der Waals surface area contributed by atoms with Crippen molar-refractivity contribution >= 4 is 6.09 Å². The molecule has 0 bridgehead atoms. The Hall–Kier alpha value is -0.730. The molecular weight excluding hydrogens is 202 g/mol. The van der Waals surface area contributed by atoms with Crippen molar-refractivity contribution in [2.24, 2.45) is 0 Å². The third-order valence-corrected chi connectivity index (χ3v) is 2.73. The van der Waals surface area contributed by atoms with Gasteiger partial charge in [0.1, 0.15) is 0 Å². The third kappa shape index (κ3) is 13.3. The summed E-state index contributed by atoms with van der Waals surface area (Å²) >= 11 is 0. The van der Waals surface area contributed by atoms with Gasteiger partial charge in [-0.2, -0.15) is 0 Å². The van der Waals surface area contributed by atoms with Gasteiger partial charge in [0.05, 0.1) is 6.61 Å². The van der Waals surface area contributed by atoms with Crippen LogP contribution in [0.4, 0.5) is 4.79 Å². The van der Waals surface area contributed by atoms with Crippen LogP contribution >= 0.6 is 0 Å². The van der Waals surface area contributed by atoms with Gasteiger partial charge in [-0.1, -0.05) is 64.7 Å². The van der Waals surface area contributed by atoms with E-state index in [1.807, 2.05) is 0 Å². The maximum absolute atomic E-state index is 10.1. The van der Waals surface area contributed by atoms with Crippen molar-refractivity contribution in [2.75, 3.05) is 6.61 Å². The normalized spacial score (nSPS) is 10.3. The number of unbranched alkanes of at least 4 members (excludes halogenated alkanes) is 9. The van der Waals surface area contributed by atoms with Gasteiger partial charge in [-0.25, -0.2) is 10.5 Å². The maximum Gasteiger partial charge on any atom is 0.426 e. The Bertz CT molecular complexity index is 160. The van der Waals surface area contributed by atoms with Gasteiger partial charge >= 0.3 is 6.09 Å². The van der Waals surface area contributed by atoms with E-state index < -0.39 is 6.09 Å². The van der Waals surface area contributed by atoms with Crippen molar-refractivity contribution in [1.29, 1.82) is 0 Å². The smallest absolute Gasteiger partial charge is 0.426 e.